The molecule has 2 aliphatic rings. The first-order valence-corrected chi connectivity index (χ1v) is 5.26. The Hall–Kier alpha value is -1.07. The molecule has 3 nitrogen and oxygen atoms in total. The van der Waals surface area contributed by atoms with Gasteiger partial charge in [0.2, 0.25) is 0 Å². The van der Waals surface area contributed by atoms with Gasteiger partial charge in [-0.05, 0) is 12.2 Å². The summed E-state index contributed by atoms with van der Waals surface area (Å²) in [5.41, 5.74) is 0.884. The van der Waals surface area contributed by atoms with E-state index in [0.717, 1.165) is 5.70 Å². The van der Waals surface area contributed by atoms with Crippen LogP contribution in [-0.4, -0.2) is 22.2 Å². The van der Waals surface area contributed by atoms with Gasteiger partial charge in [-0.15, -0.1) is 0 Å². The molecule has 0 aromatic rings. The maximum atomic E-state index is 11.5. The fourth-order valence-corrected chi connectivity index (χ4v) is 2.37. The summed E-state index contributed by atoms with van der Waals surface area (Å²) < 4.78 is 0.522. The van der Waals surface area contributed by atoms with Crippen LogP contribution >= 0.6 is 24.0 Å². The quantitative estimate of drug-likeness (QED) is 0.497. The molecule has 72 valence electrons. The minimum absolute atomic E-state index is 0.109. The predicted octanol–water partition coefficient (Wildman–Crippen LogP) is 1.36. The molecule has 0 spiro atoms. The molecule has 2 aliphatic heterocycles. The summed E-state index contributed by atoms with van der Waals surface area (Å²) in [7, 11) is 1.90. The van der Waals surface area contributed by atoms with Crippen molar-refractivity contribution < 1.29 is 4.79 Å². The Labute approximate surface area is 91.5 Å². The van der Waals surface area contributed by atoms with Gasteiger partial charge in [-0.2, -0.15) is 0 Å². The normalized spacial score (nSPS) is 25.9. The summed E-state index contributed by atoms with van der Waals surface area (Å²) in [4.78, 5) is 14.0. The van der Waals surface area contributed by atoms with E-state index < -0.39 is 0 Å². The zero-order valence-corrected chi connectivity index (χ0v) is 9.11. The van der Waals surface area contributed by atoms with E-state index in [1.807, 2.05) is 36.4 Å². The third-order valence-electron chi connectivity index (χ3n) is 1.90. The molecule has 0 saturated carbocycles. The first kappa shape index (κ1) is 9.48. The summed E-state index contributed by atoms with van der Waals surface area (Å²) in [5, 5.41) is 2.60. The molecule has 0 radical (unpaired) electrons. The third kappa shape index (κ3) is 1.60. The number of rotatable bonds is 0. The Morgan fingerprint density at radius 1 is 1.50 bits per heavy atom. The average Bonchev–Trinajstić information content (AvgIpc) is 2.46. The maximum Gasteiger partial charge on any atom is 0.265 e. The Balaban J connectivity index is 2.40. The van der Waals surface area contributed by atoms with Gasteiger partial charge in [0.15, 0.2) is 0 Å². The Kier molecular flexibility index (Phi) is 2.43. The number of carbonyl (C=O) groups excluding carboxylic acids is 1. The maximum absolute atomic E-state index is 11.5. The summed E-state index contributed by atoms with van der Waals surface area (Å²) in [5.74, 6) is -0.109. The number of carbonyl (C=O) groups is 1. The lowest BCUT2D eigenvalue weighted by molar-refractivity contribution is -0.115. The van der Waals surface area contributed by atoms with Gasteiger partial charge in [-0.1, -0.05) is 30.1 Å². The smallest absolute Gasteiger partial charge is 0.265 e. The zero-order chi connectivity index (χ0) is 10.1. The minimum Gasteiger partial charge on any atom is -0.350 e. The van der Waals surface area contributed by atoms with Crippen LogP contribution in [0.5, 0.6) is 0 Å². The van der Waals surface area contributed by atoms with Crippen LogP contribution in [0.25, 0.3) is 0 Å². The monoisotopic (exact) mass is 224 g/mol. The fourth-order valence-electron chi connectivity index (χ4n) is 1.24. The standard InChI is InChI=1S/C9H8N2OS2/c1-11-5-3-2-4-6(11)7-8(12)10-9(13)14-7/h2-5H,1H3,(H,10,12,13)/b7-6+. The SMILES string of the molecule is CN1C=CC=C/C1=C1\SC(=S)NC1=O. The molecule has 14 heavy (non-hydrogen) atoms. The highest BCUT2D eigenvalue weighted by Gasteiger charge is 2.26. The van der Waals surface area contributed by atoms with E-state index in [0.29, 0.717) is 9.23 Å². The molecule has 1 amide bonds. The lowest BCUT2D eigenvalue weighted by atomic mass is 10.2. The van der Waals surface area contributed by atoms with Gasteiger partial charge in [-0.25, -0.2) is 0 Å². The van der Waals surface area contributed by atoms with E-state index in [2.05, 4.69) is 5.32 Å². The molecule has 0 aromatic heterocycles. The number of nitrogens with one attached hydrogen (secondary N) is 1. The molecule has 1 N–H and O–H groups in total. The van der Waals surface area contributed by atoms with Crippen LogP contribution in [-0.2, 0) is 4.79 Å². The number of nitrogens with zero attached hydrogens (tertiary/aromatic N) is 1. The number of hydrogen-bond acceptors (Lipinski definition) is 4. The van der Waals surface area contributed by atoms with Crippen LogP contribution in [0, 0.1) is 0 Å². The van der Waals surface area contributed by atoms with Crippen LogP contribution < -0.4 is 5.32 Å². The molecule has 0 bridgehead atoms. The molecule has 5 heteroatoms. The molecule has 2 heterocycles. The highest BCUT2D eigenvalue weighted by molar-refractivity contribution is 8.26. The second-order valence-corrected chi connectivity index (χ2v) is 4.56. The van der Waals surface area contributed by atoms with Gasteiger partial charge in [-0.3, -0.25) is 4.79 Å². The van der Waals surface area contributed by atoms with Crippen molar-refractivity contribution in [2.24, 2.45) is 0 Å². The Morgan fingerprint density at radius 3 is 2.86 bits per heavy atom. The van der Waals surface area contributed by atoms with Crippen molar-refractivity contribution in [3.63, 3.8) is 0 Å². The number of amides is 1. The molecule has 0 atom stereocenters. The Morgan fingerprint density at radius 2 is 2.29 bits per heavy atom. The van der Waals surface area contributed by atoms with Crippen molar-refractivity contribution in [3.8, 4) is 0 Å². The highest BCUT2D eigenvalue weighted by Crippen LogP contribution is 2.29. The largest absolute Gasteiger partial charge is 0.350 e. The van der Waals surface area contributed by atoms with E-state index in [1.165, 1.54) is 11.8 Å². The molecule has 2 rings (SSSR count). The van der Waals surface area contributed by atoms with Crippen LogP contribution in [0.15, 0.2) is 35.0 Å². The molecule has 0 unspecified atom stereocenters. The summed E-state index contributed by atoms with van der Waals surface area (Å²) in [6.07, 6.45) is 7.62. The van der Waals surface area contributed by atoms with Gasteiger partial charge in [0, 0.05) is 13.2 Å². The summed E-state index contributed by atoms with van der Waals surface area (Å²) in [6.45, 7) is 0. The third-order valence-corrected chi connectivity index (χ3v) is 3.14. The van der Waals surface area contributed by atoms with Crippen molar-refractivity contribution in [2.45, 2.75) is 0 Å². The molecule has 1 fully saturated rings. The van der Waals surface area contributed by atoms with Crippen molar-refractivity contribution in [1.29, 1.82) is 0 Å². The number of allylic oxidation sites excluding steroid dienone is 3. The second-order valence-electron chi connectivity index (χ2n) is 2.87. The lowest BCUT2D eigenvalue weighted by Crippen LogP contribution is -2.20. The lowest BCUT2D eigenvalue weighted by Gasteiger charge is -2.18. The number of thiocarbonyl (C=S) groups is 1. The molecular formula is C9H8N2OS2. The molecule has 1 saturated heterocycles. The Bertz CT molecular complexity index is 396. The van der Waals surface area contributed by atoms with Crippen molar-refractivity contribution in [1.82, 2.24) is 10.2 Å². The summed E-state index contributed by atoms with van der Waals surface area (Å²) in [6, 6.07) is 0. The van der Waals surface area contributed by atoms with Gasteiger partial charge in [0.1, 0.15) is 9.23 Å². The topological polar surface area (TPSA) is 32.3 Å². The van der Waals surface area contributed by atoms with Crippen molar-refractivity contribution in [3.05, 3.63) is 35.0 Å². The van der Waals surface area contributed by atoms with Crippen LogP contribution in [0.2, 0.25) is 0 Å². The fraction of sp³-hybridized carbons (Fsp3) is 0.111. The average molecular weight is 224 g/mol. The number of likely N-dealkylation sites (N-methyl/N-ethyl adjacent to an activating group) is 1. The zero-order valence-electron chi connectivity index (χ0n) is 7.48. The molecular weight excluding hydrogens is 216 g/mol. The first-order chi connectivity index (χ1) is 6.68. The van der Waals surface area contributed by atoms with Crippen LogP contribution in [0.1, 0.15) is 0 Å². The van der Waals surface area contributed by atoms with E-state index in [9.17, 15) is 4.79 Å². The predicted molar refractivity (Wildman–Crippen MR) is 61.4 cm³/mol. The highest BCUT2D eigenvalue weighted by atomic mass is 32.2. The van der Waals surface area contributed by atoms with Gasteiger partial charge < -0.3 is 10.2 Å². The molecule has 0 aliphatic carbocycles. The number of thioether (sulfide) groups is 1. The van der Waals surface area contributed by atoms with E-state index >= 15 is 0 Å². The second kappa shape index (κ2) is 3.59. The van der Waals surface area contributed by atoms with E-state index in [1.54, 1.807) is 0 Å². The van der Waals surface area contributed by atoms with E-state index in [4.69, 9.17) is 12.2 Å². The van der Waals surface area contributed by atoms with Crippen molar-refractivity contribution >= 4 is 34.2 Å². The number of hydrogen-bond donors (Lipinski definition) is 1. The van der Waals surface area contributed by atoms with Crippen LogP contribution in [0.4, 0.5) is 0 Å². The molecule has 0 aromatic carbocycles. The van der Waals surface area contributed by atoms with Gasteiger partial charge >= 0.3 is 0 Å². The van der Waals surface area contributed by atoms with E-state index in [-0.39, 0.29) is 5.91 Å². The van der Waals surface area contributed by atoms with Gasteiger partial charge in [0.25, 0.3) is 5.91 Å². The van der Waals surface area contributed by atoms with Gasteiger partial charge in [0.05, 0.1) is 5.70 Å². The summed E-state index contributed by atoms with van der Waals surface area (Å²) >= 11 is 6.22. The first-order valence-electron chi connectivity index (χ1n) is 4.03. The minimum atomic E-state index is -0.109. The van der Waals surface area contributed by atoms with Crippen LogP contribution in [0.3, 0.4) is 0 Å². The van der Waals surface area contributed by atoms with Crippen molar-refractivity contribution in [2.75, 3.05) is 7.05 Å².